The molecular formula is C50H52SiZr. The molecule has 6 aromatic carbocycles. The monoisotopic (exact) mass is 770 g/mol. The van der Waals surface area contributed by atoms with Gasteiger partial charge in [-0.05, 0) is 0 Å². The fourth-order valence-electron chi connectivity index (χ4n) is 11.7. The second kappa shape index (κ2) is 13.7. The van der Waals surface area contributed by atoms with Crippen molar-refractivity contribution in [2.45, 2.75) is 81.7 Å². The predicted octanol–water partition coefficient (Wildman–Crippen LogP) is 13.1. The number of hydrogen-bond donors (Lipinski definition) is 0. The van der Waals surface area contributed by atoms with Crippen LogP contribution in [0, 0.1) is 0 Å². The normalized spacial score (nSPS) is 19.5. The van der Waals surface area contributed by atoms with Crippen LogP contribution in [0.3, 0.4) is 0 Å². The van der Waals surface area contributed by atoms with Gasteiger partial charge in [0.1, 0.15) is 0 Å². The molecule has 2 heteroatoms. The van der Waals surface area contributed by atoms with E-state index < -0.39 is 28.3 Å². The molecule has 2 atom stereocenters. The first-order valence-corrected chi connectivity index (χ1v) is 28.6. The van der Waals surface area contributed by atoms with E-state index in [4.69, 9.17) is 0 Å². The summed E-state index contributed by atoms with van der Waals surface area (Å²) < 4.78 is 4.13. The molecule has 0 radical (unpaired) electrons. The van der Waals surface area contributed by atoms with Crippen molar-refractivity contribution in [3.05, 3.63) is 167 Å². The molecule has 0 spiro atoms. The topological polar surface area (TPSA) is 0 Å². The van der Waals surface area contributed by atoms with Crippen LogP contribution in [0.1, 0.15) is 95.7 Å². The summed E-state index contributed by atoms with van der Waals surface area (Å²) in [6.45, 7) is 9.95. The van der Waals surface area contributed by atoms with Gasteiger partial charge in [0.05, 0.1) is 0 Å². The standard InChI is InChI=1S/C42H34Si.2C4H9.Zr/c1-3-29-27-33-25-23-31-15-11-13-21-37(31)39(33)41(29)43(35-17-7-5-8-18-35,36-19-9-6-10-20-36)42-30(4-2)28-34-26-24-32-16-12-14-22-38(32)40(34)42;2*1-3-4-2;/h5-28H,3-4H2,1-2H3;2*1,3-4H2,2H3;. The Labute approximate surface area is 317 Å². The first-order valence-electron chi connectivity index (χ1n) is 20.3. The summed E-state index contributed by atoms with van der Waals surface area (Å²) in [5, 5.41) is 12.4. The van der Waals surface area contributed by atoms with Crippen molar-refractivity contribution in [1.82, 2.24) is 0 Å². The van der Waals surface area contributed by atoms with Crippen molar-refractivity contribution in [2.75, 3.05) is 0 Å². The van der Waals surface area contributed by atoms with Crippen LogP contribution >= 0.6 is 0 Å². The van der Waals surface area contributed by atoms with Crippen molar-refractivity contribution in [3.8, 4) is 0 Å². The van der Waals surface area contributed by atoms with Gasteiger partial charge in [0.2, 0.25) is 0 Å². The van der Waals surface area contributed by atoms with E-state index in [0.717, 1.165) is 12.8 Å². The van der Waals surface area contributed by atoms with Gasteiger partial charge >= 0.3 is 319 Å². The Bertz CT molecular complexity index is 2200. The van der Waals surface area contributed by atoms with Gasteiger partial charge in [-0.1, -0.05) is 0 Å². The Morgan fingerprint density at radius 2 is 0.865 bits per heavy atom. The second-order valence-electron chi connectivity index (χ2n) is 15.8. The summed E-state index contributed by atoms with van der Waals surface area (Å²) in [5.41, 5.74) is 10.4. The molecule has 0 saturated carbocycles. The summed E-state index contributed by atoms with van der Waals surface area (Å²) in [5.74, 6) is 0. The van der Waals surface area contributed by atoms with Gasteiger partial charge in [0.25, 0.3) is 0 Å². The van der Waals surface area contributed by atoms with E-state index >= 15 is 0 Å². The number of benzene rings is 6. The second-order valence-corrected chi connectivity index (χ2v) is 30.8. The zero-order valence-electron chi connectivity index (χ0n) is 31.5. The molecule has 1 aliphatic heterocycles. The van der Waals surface area contributed by atoms with Gasteiger partial charge in [-0.2, -0.15) is 0 Å². The van der Waals surface area contributed by atoms with E-state index in [0.29, 0.717) is 7.25 Å². The molecule has 0 fully saturated rings. The van der Waals surface area contributed by atoms with Crippen molar-refractivity contribution in [1.29, 1.82) is 0 Å². The van der Waals surface area contributed by atoms with Gasteiger partial charge in [0, 0.05) is 0 Å². The molecule has 3 aliphatic rings. The van der Waals surface area contributed by atoms with Gasteiger partial charge in [-0.15, -0.1) is 0 Å². The third kappa shape index (κ3) is 4.72. The minimum atomic E-state index is -3.35. The van der Waals surface area contributed by atoms with Gasteiger partial charge in [-0.25, -0.2) is 0 Å². The maximum atomic E-state index is 2.65. The Hall–Kier alpha value is -3.58. The number of unbranched alkanes of at least 4 members (excludes halogenated alkanes) is 2. The molecule has 52 heavy (non-hydrogen) atoms. The van der Waals surface area contributed by atoms with Crippen LogP contribution in [0.15, 0.2) is 145 Å². The van der Waals surface area contributed by atoms with Gasteiger partial charge in [-0.3, -0.25) is 0 Å². The van der Waals surface area contributed by atoms with Gasteiger partial charge < -0.3 is 0 Å². The number of rotatable bonds is 10. The van der Waals surface area contributed by atoms with E-state index in [1.165, 1.54) is 55.5 Å². The summed E-state index contributed by atoms with van der Waals surface area (Å²) in [7, 11) is -2.93. The Balaban J connectivity index is 1.59. The van der Waals surface area contributed by atoms with Crippen LogP contribution in [0.25, 0.3) is 31.9 Å². The molecule has 2 aliphatic carbocycles. The molecule has 2 unspecified atom stereocenters. The zero-order valence-corrected chi connectivity index (χ0v) is 35.0. The summed E-state index contributed by atoms with van der Waals surface area (Å²) in [4.78, 5) is 0. The van der Waals surface area contributed by atoms with Gasteiger partial charge in [0.15, 0.2) is 0 Å². The van der Waals surface area contributed by atoms with E-state index in [1.807, 2.05) is 11.1 Å². The number of allylic oxidation sites excluding steroid dienone is 2. The quantitative estimate of drug-likeness (QED) is 0.122. The zero-order chi connectivity index (χ0) is 35.5. The van der Waals surface area contributed by atoms with Crippen LogP contribution < -0.4 is 10.4 Å². The van der Waals surface area contributed by atoms with Crippen molar-refractivity contribution < 1.29 is 20.3 Å². The van der Waals surface area contributed by atoms with E-state index in [9.17, 15) is 0 Å². The maximum absolute atomic E-state index is 3.35. The summed E-state index contributed by atoms with van der Waals surface area (Å²) in [6, 6.07) is 53.0. The van der Waals surface area contributed by atoms with Crippen LogP contribution in [0.4, 0.5) is 0 Å². The predicted molar refractivity (Wildman–Crippen MR) is 225 cm³/mol. The first kappa shape index (κ1) is 34.2. The van der Waals surface area contributed by atoms with Crippen molar-refractivity contribution in [2.24, 2.45) is 0 Å². The molecule has 260 valence electrons. The molecule has 0 amide bonds. The Morgan fingerprint density at radius 1 is 0.462 bits per heavy atom. The number of hydrogen-bond acceptors (Lipinski definition) is 0. The minimum absolute atomic E-state index is 0.594. The molecule has 0 N–H and O–H groups in total. The fourth-order valence-corrected chi connectivity index (χ4v) is 37.0. The van der Waals surface area contributed by atoms with Crippen LogP contribution in [-0.2, 0) is 20.3 Å². The van der Waals surface area contributed by atoms with E-state index in [1.54, 1.807) is 43.0 Å². The Morgan fingerprint density at radius 3 is 1.27 bits per heavy atom. The first-order chi connectivity index (χ1) is 25.6. The van der Waals surface area contributed by atoms with Crippen molar-refractivity contribution >= 4 is 50.4 Å². The van der Waals surface area contributed by atoms with E-state index in [2.05, 4.69) is 161 Å². The molecule has 0 saturated heterocycles. The van der Waals surface area contributed by atoms with Crippen LogP contribution in [0.2, 0.25) is 8.26 Å². The third-order valence-corrected chi connectivity index (χ3v) is 33.7. The molecule has 0 aromatic heterocycles. The van der Waals surface area contributed by atoms with Crippen LogP contribution in [-0.4, -0.2) is 8.07 Å². The van der Waals surface area contributed by atoms with E-state index in [-0.39, 0.29) is 0 Å². The molecule has 4 bridgehead atoms. The van der Waals surface area contributed by atoms with Crippen molar-refractivity contribution in [3.63, 3.8) is 0 Å². The average molecular weight is 772 g/mol. The molecular weight excluding hydrogens is 720 g/mol. The molecule has 1 heterocycles. The Kier molecular flexibility index (Phi) is 9.00. The number of fused-ring (bicyclic) bond motifs is 12. The summed E-state index contributed by atoms with van der Waals surface area (Å²) in [6.07, 6.45) is 7.54. The molecule has 0 nitrogen and oxygen atoms in total. The SMILES string of the molecule is CCC[CH2][Zr]1([CH2]CCC)[CH]2C(CC)=C(c3c2ccc2ccccc32)[Si](c2ccccc2)(c2ccccc2)C2=C(CC)[CH]1c1ccc3ccccc3c12. The summed E-state index contributed by atoms with van der Waals surface area (Å²) >= 11 is -3.35. The average Bonchev–Trinajstić information content (AvgIpc) is 3.75. The molecule has 6 aromatic rings. The third-order valence-electron chi connectivity index (χ3n) is 13.5. The fraction of sp³-hybridized carbons (Fsp3) is 0.280. The molecule has 9 rings (SSSR count). The van der Waals surface area contributed by atoms with Crippen LogP contribution in [0.5, 0.6) is 0 Å².